The molecule has 2 N–H and O–H groups in total. The molecule has 1 atom stereocenters. The average Bonchev–Trinajstić information content (AvgIpc) is 2.37. The molecule has 3 nitrogen and oxygen atoms in total. The van der Waals surface area contributed by atoms with Crippen LogP contribution < -0.4 is 5.32 Å². The van der Waals surface area contributed by atoms with Crippen LogP contribution in [0.1, 0.15) is 18.0 Å². The number of nitrogens with one attached hydrogen (secondary N) is 1. The van der Waals surface area contributed by atoms with Crippen molar-refractivity contribution in [3.05, 3.63) is 42.0 Å². The molecule has 0 spiro atoms. The van der Waals surface area contributed by atoms with E-state index in [0.717, 1.165) is 38.3 Å². The molecule has 1 aliphatic rings. The van der Waals surface area contributed by atoms with Gasteiger partial charge in [-0.1, -0.05) is 6.08 Å². The number of rotatable bonds is 4. The minimum absolute atomic E-state index is 0.156. The molecular weight excluding hydrogens is 250 g/mol. The van der Waals surface area contributed by atoms with Gasteiger partial charge in [-0.15, -0.1) is 6.58 Å². The molecule has 0 amide bonds. The molecule has 0 aliphatic carbocycles. The Morgan fingerprint density at radius 1 is 1.37 bits per heavy atom. The standard InChI is InChI=1S/C14H18F2N2O/c1-2-3-12(18-6-4-17-5-7-18)14-11(16)8-10(15)9-13(14)19/h2,8-9,12,17,19H,1,3-7H2/t12-/m1/s1. The van der Waals surface area contributed by atoms with Crippen LogP contribution in [0.25, 0.3) is 0 Å². The monoisotopic (exact) mass is 268 g/mol. The summed E-state index contributed by atoms with van der Waals surface area (Å²) in [6.07, 6.45) is 2.20. The van der Waals surface area contributed by atoms with Crippen molar-refractivity contribution in [3.8, 4) is 5.75 Å². The maximum Gasteiger partial charge on any atom is 0.134 e. The Kier molecular flexibility index (Phi) is 4.50. The highest BCUT2D eigenvalue weighted by Gasteiger charge is 2.26. The first-order valence-electron chi connectivity index (χ1n) is 6.37. The van der Waals surface area contributed by atoms with Crippen molar-refractivity contribution < 1.29 is 13.9 Å². The predicted molar refractivity (Wildman–Crippen MR) is 70.0 cm³/mol. The summed E-state index contributed by atoms with van der Waals surface area (Å²) in [7, 11) is 0. The third-order valence-corrected chi connectivity index (χ3v) is 3.39. The third-order valence-electron chi connectivity index (χ3n) is 3.39. The summed E-state index contributed by atoms with van der Waals surface area (Å²) in [5.74, 6) is -1.80. The van der Waals surface area contributed by atoms with Gasteiger partial charge in [-0.3, -0.25) is 4.90 Å². The zero-order chi connectivity index (χ0) is 13.8. The highest BCUT2D eigenvalue weighted by molar-refractivity contribution is 5.37. The Labute approximate surface area is 111 Å². The van der Waals surface area contributed by atoms with Gasteiger partial charge < -0.3 is 10.4 Å². The van der Waals surface area contributed by atoms with E-state index in [1.807, 2.05) is 0 Å². The zero-order valence-electron chi connectivity index (χ0n) is 10.7. The molecule has 0 bridgehead atoms. The number of benzene rings is 1. The smallest absolute Gasteiger partial charge is 0.134 e. The van der Waals surface area contributed by atoms with E-state index in [1.165, 1.54) is 0 Å². The quantitative estimate of drug-likeness (QED) is 0.822. The summed E-state index contributed by atoms with van der Waals surface area (Å²) in [4.78, 5) is 2.08. The van der Waals surface area contributed by atoms with Crippen molar-refractivity contribution in [1.82, 2.24) is 10.2 Å². The Morgan fingerprint density at radius 3 is 2.63 bits per heavy atom. The minimum Gasteiger partial charge on any atom is -0.507 e. The maximum atomic E-state index is 14.0. The van der Waals surface area contributed by atoms with E-state index in [9.17, 15) is 13.9 Å². The molecule has 5 heteroatoms. The van der Waals surface area contributed by atoms with Crippen molar-refractivity contribution in [2.45, 2.75) is 12.5 Å². The molecule has 1 heterocycles. The summed E-state index contributed by atoms with van der Waals surface area (Å²) in [6, 6.07) is 1.46. The number of hydrogen-bond acceptors (Lipinski definition) is 3. The van der Waals surface area contributed by atoms with Crippen LogP contribution in [0.3, 0.4) is 0 Å². The van der Waals surface area contributed by atoms with Crippen molar-refractivity contribution in [3.63, 3.8) is 0 Å². The van der Waals surface area contributed by atoms with Crippen LogP contribution in [0, 0.1) is 11.6 Å². The average molecular weight is 268 g/mol. The van der Waals surface area contributed by atoms with E-state index >= 15 is 0 Å². The van der Waals surface area contributed by atoms with Gasteiger partial charge in [0.05, 0.1) is 0 Å². The van der Waals surface area contributed by atoms with E-state index in [0.29, 0.717) is 6.42 Å². The van der Waals surface area contributed by atoms with Gasteiger partial charge in [-0.25, -0.2) is 8.78 Å². The zero-order valence-corrected chi connectivity index (χ0v) is 10.7. The molecule has 1 aromatic carbocycles. The molecule has 1 fully saturated rings. The summed E-state index contributed by atoms with van der Waals surface area (Å²) in [6.45, 7) is 6.83. The number of phenols is 1. The van der Waals surface area contributed by atoms with Gasteiger partial charge in [0.15, 0.2) is 0 Å². The fourth-order valence-corrected chi connectivity index (χ4v) is 2.50. The van der Waals surface area contributed by atoms with Crippen LogP contribution in [-0.2, 0) is 0 Å². The summed E-state index contributed by atoms with van der Waals surface area (Å²) in [5, 5.41) is 13.1. The van der Waals surface area contributed by atoms with E-state index in [4.69, 9.17) is 0 Å². The Hall–Kier alpha value is -1.46. The lowest BCUT2D eigenvalue weighted by Gasteiger charge is -2.35. The van der Waals surface area contributed by atoms with Crippen LogP contribution in [0.2, 0.25) is 0 Å². The number of hydrogen-bond donors (Lipinski definition) is 2. The normalized spacial score (nSPS) is 18.2. The summed E-state index contributed by atoms with van der Waals surface area (Å²) >= 11 is 0. The van der Waals surface area contributed by atoms with Gasteiger partial charge in [0.1, 0.15) is 17.4 Å². The fraction of sp³-hybridized carbons (Fsp3) is 0.429. The van der Waals surface area contributed by atoms with Gasteiger partial charge >= 0.3 is 0 Å². The first-order chi connectivity index (χ1) is 9.13. The van der Waals surface area contributed by atoms with Gasteiger partial charge in [0.25, 0.3) is 0 Å². The number of phenolic OH excluding ortho intramolecular Hbond substituents is 1. The lowest BCUT2D eigenvalue weighted by Crippen LogP contribution is -2.45. The molecule has 2 rings (SSSR count). The third kappa shape index (κ3) is 3.11. The van der Waals surface area contributed by atoms with Gasteiger partial charge in [-0.05, 0) is 6.42 Å². The van der Waals surface area contributed by atoms with Crippen molar-refractivity contribution in [2.24, 2.45) is 0 Å². The highest BCUT2D eigenvalue weighted by Crippen LogP contribution is 2.34. The second-order valence-corrected chi connectivity index (χ2v) is 4.65. The Bertz CT molecular complexity index is 436. The van der Waals surface area contributed by atoms with E-state index in [-0.39, 0.29) is 17.4 Å². The van der Waals surface area contributed by atoms with Gasteiger partial charge in [0, 0.05) is 49.9 Å². The van der Waals surface area contributed by atoms with Crippen LogP contribution >= 0.6 is 0 Å². The summed E-state index contributed by atoms with van der Waals surface area (Å²) in [5.41, 5.74) is 0.156. The maximum absolute atomic E-state index is 14.0. The molecule has 0 radical (unpaired) electrons. The van der Waals surface area contributed by atoms with Crippen LogP contribution in [-0.4, -0.2) is 36.2 Å². The second kappa shape index (κ2) is 6.12. The van der Waals surface area contributed by atoms with E-state index in [1.54, 1.807) is 6.08 Å². The van der Waals surface area contributed by atoms with E-state index in [2.05, 4.69) is 16.8 Å². The number of halogens is 2. The SMILES string of the molecule is C=CC[C@H](c1c(O)cc(F)cc1F)N1CCNCC1. The van der Waals surface area contributed by atoms with Crippen molar-refractivity contribution in [1.29, 1.82) is 0 Å². The fourth-order valence-electron chi connectivity index (χ4n) is 2.50. The van der Waals surface area contributed by atoms with Gasteiger partial charge in [-0.2, -0.15) is 0 Å². The molecule has 1 aromatic rings. The molecule has 19 heavy (non-hydrogen) atoms. The largest absolute Gasteiger partial charge is 0.507 e. The van der Waals surface area contributed by atoms with Crippen molar-refractivity contribution >= 4 is 0 Å². The number of aromatic hydroxyl groups is 1. The molecule has 104 valence electrons. The lowest BCUT2D eigenvalue weighted by molar-refractivity contribution is 0.168. The summed E-state index contributed by atoms with van der Waals surface area (Å²) < 4.78 is 27.0. The first-order valence-corrected chi connectivity index (χ1v) is 6.37. The highest BCUT2D eigenvalue weighted by atomic mass is 19.1. The molecule has 1 aliphatic heterocycles. The Morgan fingerprint density at radius 2 is 2.05 bits per heavy atom. The predicted octanol–water partition coefficient (Wildman–Crippen LogP) is 2.19. The molecule has 1 saturated heterocycles. The van der Waals surface area contributed by atoms with Crippen LogP contribution in [0.4, 0.5) is 8.78 Å². The number of nitrogens with zero attached hydrogens (tertiary/aromatic N) is 1. The first kappa shape index (κ1) is 14.0. The number of piperazine rings is 1. The second-order valence-electron chi connectivity index (χ2n) is 4.65. The van der Waals surface area contributed by atoms with Gasteiger partial charge in [0.2, 0.25) is 0 Å². The molecule has 0 saturated carbocycles. The molecular formula is C14H18F2N2O. The van der Waals surface area contributed by atoms with Crippen LogP contribution in [0.5, 0.6) is 5.75 Å². The Balaban J connectivity index is 2.35. The minimum atomic E-state index is -0.767. The molecule has 0 aromatic heterocycles. The molecule has 0 unspecified atom stereocenters. The van der Waals surface area contributed by atoms with Crippen molar-refractivity contribution in [2.75, 3.05) is 26.2 Å². The van der Waals surface area contributed by atoms with Crippen LogP contribution in [0.15, 0.2) is 24.8 Å². The topological polar surface area (TPSA) is 35.5 Å². The lowest BCUT2D eigenvalue weighted by atomic mass is 9.99. The van der Waals surface area contributed by atoms with E-state index < -0.39 is 11.6 Å².